The maximum atomic E-state index is 12.5. The highest BCUT2D eigenvalue weighted by Gasteiger charge is 2.34. The minimum atomic E-state index is -0.728. The highest BCUT2D eigenvalue weighted by Crippen LogP contribution is 2.32. The molecule has 0 fully saturated rings. The van der Waals surface area contributed by atoms with Crippen LogP contribution in [0.4, 0.5) is 0 Å². The van der Waals surface area contributed by atoms with Gasteiger partial charge < -0.3 is 9.47 Å². The Morgan fingerprint density at radius 2 is 1.87 bits per heavy atom. The molecule has 1 aromatic carbocycles. The lowest BCUT2D eigenvalue weighted by Crippen LogP contribution is -2.29. The van der Waals surface area contributed by atoms with Gasteiger partial charge >= 0.3 is 5.97 Å². The van der Waals surface area contributed by atoms with Crippen LogP contribution in [0.5, 0.6) is 5.75 Å². The molecule has 0 bridgehead atoms. The second-order valence-corrected chi connectivity index (χ2v) is 5.30. The third kappa shape index (κ3) is 5.20. The van der Waals surface area contributed by atoms with E-state index in [1.807, 2.05) is 0 Å². The number of ketones is 2. The summed E-state index contributed by atoms with van der Waals surface area (Å²) in [5.41, 5.74) is 0.681. The van der Waals surface area contributed by atoms with Crippen molar-refractivity contribution < 1.29 is 23.9 Å². The number of hydrogen-bond donors (Lipinski definition) is 0. The predicted molar refractivity (Wildman–Crippen MR) is 86.5 cm³/mol. The number of carbonyl (C=O) groups is 3. The van der Waals surface area contributed by atoms with Crippen molar-refractivity contribution in [2.45, 2.75) is 39.5 Å². The van der Waals surface area contributed by atoms with E-state index in [-0.39, 0.29) is 31.0 Å². The molecule has 5 nitrogen and oxygen atoms in total. The second-order valence-electron chi connectivity index (χ2n) is 5.30. The topological polar surface area (TPSA) is 69.7 Å². The summed E-state index contributed by atoms with van der Waals surface area (Å²) in [5, 5.41) is 0. The fourth-order valence-corrected chi connectivity index (χ4v) is 2.59. The maximum absolute atomic E-state index is 12.5. The molecule has 2 unspecified atom stereocenters. The molecule has 0 amide bonds. The van der Waals surface area contributed by atoms with Crippen LogP contribution in [0.15, 0.2) is 24.3 Å². The van der Waals surface area contributed by atoms with Gasteiger partial charge in [0.15, 0.2) is 0 Å². The number of rotatable bonds is 9. The molecule has 126 valence electrons. The second kappa shape index (κ2) is 9.08. The Balaban J connectivity index is 3.22. The van der Waals surface area contributed by atoms with Crippen LogP contribution in [-0.2, 0) is 19.1 Å². The van der Waals surface area contributed by atoms with Crippen molar-refractivity contribution in [2.75, 3.05) is 13.7 Å². The van der Waals surface area contributed by atoms with E-state index < -0.39 is 17.8 Å². The van der Waals surface area contributed by atoms with Crippen LogP contribution in [0.1, 0.15) is 45.1 Å². The van der Waals surface area contributed by atoms with Crippen molar-refractivity contribution >= 4 is 17.5 Å². The highest BCUT2D eigenvalue weighted by atomic mass is 16.5. The summed E-state index contributed by atoms with van der Waals surface area (Å²) in [6.45, 7) is 5.10. The fraction of sp³-hybridized carbons (Fsp3) is 0.500. The molecule has 0 aliphatic heterocycles. The number of methoxy groups -OCH3 is 1. The summed E-state index contributed by atoms with van der Waals surface area (Å²) in [6.07, 6.45) is 0.186. The van der Waals surface area contributed by atoms with Gasteiger partial charge in [-0.1, -0.05) is 19.1 Å². The van der Waals surface area contributed by atoms with E-state index in [2.05, 4.69) is 0 Å². The number of ether oxygens (including phenoxy) is 2. The molecule has 5 heteroatoms. The molecule has 0 radical (unpaired) electrons. The van der Waals surface area contributed by atoms with Crippen molar-refractivity contribution in [2.24, 2.45) is 5.92 Å². The Kier molecular flexibility index (Phi) is 7.45. The summed E-state index contributed by atoms with van der Waals surface area (Å²) in [5.74, 6) is -1.54. The normalized spacial score (nSPS) is 13.0. The molecule has 0 aliphatic carbocycles. The first-order chi connectivity index (χ1) is 10.9. The lowest BCUT2D eigenvalue weighted by Gasteiger charge is -2.24. The van der Waals surface area contributed by atoms with E-state index in [9.17, 15) is 14.4 Å². The molecular formula is C18H24O5. The van der Waals surface area contributed by atoms with Gasteiger partial charge in [-0.3, -0.25) is 14.4 Å². The van der Waals surface area contributed by atoms with Crippen LogP contribution in [0, 0.1) is 5.92 Å². The number of carbonyl (C=O) groups excluding carboxylic acids is 3. The number of esters is 1. The van der Waals surface area contributed by atoms with E-state index in [0.29, 0.717) is 11.3 Å². The van der Waals surface area contributed by atoms with Gasteiger partial charge in [0, 0.05) is 12.3 Å². The van der Waals surface area contributed by atoms with Crippen LogP contribution in [0.2, 0.25) is 0 Å². The summed E-state index contributed by atoms with van der Waals surface area (Å²) in [6, 6.07) is 7.05. The molecule has 23 heavy (non-hydrogen) atoms. The summed E-state index contributed by atoms with van der Waals surface area (Å²) >= 11 is 0. The monoisotopic (exact) mass is 320 g/mol. The van der Waals surface area contributed by atoms with Crippen molar-refractivity contribution in [3.63, 3.8) is 0 Å². The lowest BCUT2D eigenvalue weighted by atomic mass is 9.78. The van der Waals surface area contributed by atoms with Crippen LogP contribution in [-0.4, -0.2) is 31.3 Å². The first-order valence-corrected chi connectivity index (χ1v) is 7.77. The molecule has 2 atom stereocenters. The Morgan fingerprint density at radius 1 is 1.17 bits per heavy atom. The average molecular weight is 320 g/mol. The van der Waals surface area contributed by atoms with E-state index in [0.717, 1.165) is 0 Å². The van der Waals surface area contributed by atoms with E-state index in [4.69, 9.17) is 9.47 Å². The molecule has 0 saturated heterocycles. The largest absolute Gasteiger partial charge is 0.497 e. The zero-order valence-electron chi connectivity index (χ0n) is 14.1. The third-order valence-electron chi connectivity index (χ3n) is 3.76. The van der Waals surface area contributed by atoms with Gasteiger partial charge in [-0.15, -0.1) is 0 Å². The van der Waals surface area contributed by atoms with Crippen LogP contribution in [0.3, 0.4) is 0 Å². The Bertz CT molecular complexity index is 564. The Morgan fingerprint density at radius 3 is 2.39 bits per heavy atom. The van der Waals surface area contributed by atoms with Gasteiger partial charge in [-0.05, 0) is 31.5 Å². The molecular weight excluding hydrogens is 296 g/mol. The highest BCUT2D eigenvalue weighted by molar-refractivity contribution is 5.94. The molecule has 0 spiro atoms. The molecule has 1 aromatic rings. The van der Waals surface area contributed by atoms with Gasteiger partial charge in [0.05, 0.1) is 26.1 Å². The van der Waals surface area contributed by atoms with Gasteiger partial charge in [0.25, 0.3) is 0 Å². The molecule has 0 saturated carbocycles. The van der Waals surface area contributed by atoms with Crippen molar-refractivity contribution in [1.82, 2.24) is 0 Å². The van der Waals surface area contributed by atoms with Crippen LogP contribution >= 0.6 is 0 Å². The number of Topliss-reactive ketones (excluding diaryl/α,β-unsaturated/α-hetero) is 2. The van der Waals surface area contributed by atoms with Crippen molar-refractivity contribution in [3.8, 4) is 5.75 Å². The first-order valence-electron chi connectivity index (χ1n) is 7.77. The van der Waals surface area contributed by atoms with Gasteiger partial charge in [0.2, 0.25) is 0 Å². The van der Waals surface area contributed by atoms with Crippen molar-refractivity contribution in [3.05, 3.63) is 29.8 Å². The zero-order chi connectivity index (χ0) is 17.4. The average Bonchev–Trinajstić information content (AvgIpc) is 2.54. The predicted octanol–water partition coefficient (Wildman–Crippen LogP) is 2.92. The molecule has 0 aromatic heterocycles. The smallest absolute Gasteiger partial charge is 0.306 e. The minimum Gasteiger partial charge on any atom is -0.497 e. The number of hydrogen-bond acceptors (Lipinski definition) is 5. The zero-order valence-corrected chi connectivity index (χ0v) is 14.1. The molecule has 0 aliphatic rings. The summed E-state index contributed by atoms with van der Waals surface area (Å²) in [7, 11) is 1.54. The van der Waals surface area contributed by atoms with Crippen molar-refractivity contribution in [1.29, 1.82) is 0 Å². The maximum Gasteiger partial charge on any atom is 0.306 e. The summed E-state index contributed by atoms with van der Waals surface area (Å²) in [4.78, 5) is 36.4. The fourth-order valence-electron chi connectivity index (χ4n) is 2.59. The van der Waals surface area contributed by atoms with E-state index >= 15 is 0 Å². The SMILES string of the molecule is CCOC(=O)CC(C(C)=O)C(C(=O)CC)c1cccc(OC)c1. The lowest BCUT2D eigenvalue weighted by molar-refractivity contribution is -0.146. The van der Waals surface area contributed by atoms with Crippen LogP contribution in [0.25, 0.3) is 0 Å². The van der Waals surface area contributed by atoms with Gasteiger partial charge in [-0.25, -0.2) is 0 Å². The molecule has 0 heterocycles. The standard InChI is InChI=1S/C18H24O5/c1-5-16(20)18(13-8-7-9-14(10-13)22-4)15(12(3)19)11-17(21)23-6-2/h7-10,15,18H,5-6,11H2,1-4H3. The van der Waals surface area contributed by atoms with Gasteiger partial charge in [-0.2, -0.15) is 0 Å². The quantitative estimate of drug-likeness (QED) is 0.654. The van der Waals surface area contributed by atoms with E-state index in [1.54, 1.807) is 38.1 Å². The van der Waals surface area contributed by atoms with E-state index in [1.165, 1.54) is 14.0 Å². The minimum absolute atomic E-state index is 0.0808. The van der Waals surface area contributed by atoms with Gasteiger partial charge in [0.1, 0.15) is 17.3 Å². The first kappa shape index (κ1) is 18.9. The Labute approximate surface area is 137 Å². The summed E-state index contributed by atoms with van der Waals surface area (Å²) < 4.78 is 10.1. The Hall–Kier alpha value is -2.17. The molecule has 0 N–H and O–H groups in total. The van der Waals surface area contributed by atoms with Crippen LogP contribution < -0.4 is 4.74 Å². The molecule has 1 rings (SSSR count). The number of benzene rings is 1. The third-order valence-corrected chi connectivity index (χ3v) is 3.76.